The number of benzene rings is 1. The summed E-state index contributed by atoms with van der Waals surface area (Å²) in [5, 5.41) is 9.09. The standard InChI is InChI=1S/C19H21N5O3/c1-12-13(2)24-15-16(20-18(24)23(12)14-8-5-4-6-9-14)21(3)19(27)22(17(15)26)10-7-11-25/h4-6,8-9,25H,7,10-11H2,1-3H3. The van der Waals surface area contributed by atoms with Crippen LogP contribution in [0.1, 0.15) is 17.8 Å². The summed E-state index contributed by atoms with van der Waals surface area (Å²) in [5.74, 6) is 0.596. The molecule has 8 nitrogen and oxygen atoms in total. The molecule has 4 aromatic rings. The maximum atomic E-state index is 13.1. The topological polar surface area (TPSA) is 86.5 Å². The molecule has 8 heteroatoms. The van der Waals surface area contributed by atoms with E-state index in [0.717, 1.165) is 17.1 Å². The molecule has 27 heavy (non-hydrogen) atoms. The quantitative estimate of drug-likeness (QED) is 0.586. The Morgan fingerprint density at radius 3 is 2.44 bits per heavy atom. The molecule has 0 radical (unpaired) electrons. The Hall–Kier alpha value is -3.13. The van der Waals surface area contributed by atoms with Gasteiger partial charge < -0.3 is 5.11 Å². The van der Waals surface area contributed by atoms with Gasteiger partial charge in [0.15, 0.2) is 11.2 Å². The fraction of sp³-hybridized carbons (Fsp3) is 0.316. The number of hydrogen-bond acceptors (Lipinski definition) is 4. The minimum absolute atomic E-state index is 0.0854. The van der Waals surface area contributed by atoms with E-state index in [1.54, 1.807) is 7.05 Å². The first-order valence-corrected chi connectivity index (χ1v) is 8.83. The molecular formula is C19H21N5O3. The van der Waals surface area contributed by atoms with Crippen LogP contribution in [0.15, 0.2) is 39.9 Å². The van der Waals surface area contributed by atoms with Gasteiger partial charge in [-0.3, -0.25) is 22.9 Å². The van der Waals surface area contributed by atoms with Crippen LogP contribution in [0.25, 0.3) is 22.6 Å². The molecule has 0 aliphatic rings. The Morgan fingerprint density at radius 2 is 1.78 bits per heavy atom. The Balaban J connectivity index is 2.16. The predicted octanol–water partition coefficient (Wildman–Crippen LogP) is 1.14. The lowest BCUT2D eigenvalue weighted by atomic mass is 10.3. The van der Waals surface area contributed by atoms with E-state index < -0.39 is 5.69 Å². The molecule has 0 bridgehead atoms. The van der Waals surface area contributed by atoms with Gasteiger partial charge in [0.2, 0.25) is 5.78 Å². The van der Waals surface area contributed by atoms with Gasteiger partial charge in [0.25, 0.3) is 5.56 Å². The van der Waals surface area contributed by atoms with Gasteiger partial charge >= 0.3 is 5.69 Å². The second kappa shape index (κ2) is 6.24. The van der Waals surface area contributed by atoms with Crippen LogP contribution in [-0.4, -0.2) is 34.8 Å². The van der Waals surface area contributed by atoms with Gasteiger partial charge in [0, 0.05) is 37.3 Å². The van der Waals surface area contributed by atoms with Crippen molar-refractivity contribution in [1.82, 2.24) is 23.1 Å². The number of hydrogen-bond donors (Lipinski definition) is 1. The van der Waals surface area contributed by atoms with E-state index in [2.05, 4.69) is 4.98 Å². The van der Waals surface area contributed by atoms with Crippen LogP contribution in [0.2, 0.25) is 0 Å². The first kappa shape index (κ1) is 17.3. The van der Waals surface area contributed by atoms with Gasteiger partial charge in [-0.1, -0.05) is 18.2 Å². The van der Waals surface area contributed by atoms with E-state index in [0.29, 0.717) is 23.4 Å². The Bertz CT molecular complexity index is 1270. The lowest BCUT2D eigenvalue weighted by molar-refractivity contribution is 0.277. The van der Waals surface area contributed by atoms with Crippen molar-refractivity contribution in [2.45, 2.75) is 26.8 Å². The van der Waals surface area contributed by atoms with Crippen LogP contribution < -0.4 is 11.2 Å². The van der Waals surface area contributed by atoms with Crippen molar-refractivity contribution < 1.29 is 5.11 Å². The van der Waals surface area contributed by atoms with Gasteiger partial charge in [-0.2, -0.15) is 4.98 Å². The molecule has 1 N–H and O–H groups in total. The predicted molar refractivity (Wildman–Crippen MR) is 103 cm³/mol. The molecule has 0 amide bonds. The van der Waals surface area contributed by atoms with E-state index in [1.165, 1.54) is 9.13 Å². The minimum Gasteiger partial charge on any atom is -0.396 e. The normalized spacial score (nSPS) is 11.7. The molecule has 0 saturated heterocycles. The number of aromatic nitrogens is 5. The number of aryl methyl sites for hydroxylation is 2. The van der Waals surface area contributed by atoms with Gasteiger partial charge in [0.05, 0.1) is 0 Å². The molecule has 0 aliphatic heterocycles. The van der Waals surface area contributed by atoms with E-state index in [-0.39, 0.29) is 18.7 Å². The van der Waals surface area contributed by atoms with E-state index in [1.807, 2.05) is 53.1 Å². The first-order chi connectivity index (χ1) is 13.0. The Morgan fingerprint density at radius 1 is 1.07 bits per heavy atom. The molecule has 0 saturated carbocycles. The fourth-order valence-corrected chi connectivity index (χ4v) is 3.56. The molecule has 4 rings (SSSR count). The van der Waals surface area contributed by atoms with Crippen LogP contribution in [0.3, 0.4) is 0 Å². The zero-order valence-corrected chi connectivity index (χ0v) is 15.5. The summed E-state index contributed by atoms with van der Waals surface area (Å²) in [5.41, 5.74) is 2.72. The van der Waals surface area contributed by atoms with Crippen molar-refractivity contribution in [3.63, 3.8) is 0 Å². The van der Waals surface area contributed by atoms with Crippen LogP contribution in [0, 0.1) is 13.8 Å². The molecule has 0 aliphatic carbocycles. The van der Waals surface area contributed by atoms with Gasteiger partial charge in [-0.05, 0) is 32.4 Å². The maximum absolute atomic E-state index is 13.1. The summed E-state index contributed by atoms with van der Waals surface area (Å²) in [4.78, 5) is 30.3. The number of fused-ring (bicyclic) bond motifs is 3. The SMILES string of the molecule is Cc1c(C)n2c3c(=O)n(CCCO)c(=O)n(C)c3nc2n1-c1ccccc1. The molecule has 0 atom stereocenters. The van der Waals surface area contributed by atoms with Crippen molar-refractivity contribution in [3.05, 3.63) is 62.6 Å². The van der Waals surface area contributed by atoms with Crippen molar-refractivity contribution in [2.75, 3.05) is 6.61 Å². The molecule has 1 aromatic carbocycles. The zero-order chi connectivity index (χ0) is 19.3. The summed E-state index contributed by atoms with van der Waals surface area (Å²) in [6.07, 6.45) is 0.339. The number of nitrogens with zero attached hydrogens (tertiary/aromatic N) is 5. The van der Waals surface area contributed by atoms with Crippen LogP contribution in [0.4, 0.5) is 0 Å². The molecule has 0 unspecified atom stereocenters. The third-order valence-electron chi connectivity index (χ3n) is 5.07. The zero-order valence-electron chi connectivity index (χ0n) is 15.5. The third-order valence-corrected chi connectivity index (χ3v) is 5.07. The summed E-state index contributed by atoms with van der Waals surface area (Å²) in [6.45, 7) is 4.00. The number of aliphatic hydroxyl groups is 1. The van der Waals surface area contributed by atoms with Crippen molar-refractivity contribution in [3.8, 4) is 5.69 Å². The van der Waals surface area contributed by atoms with Gasteiger partial charge in [-0.15, -0.1) is 0 Å². The third kappa shape index (κ3) is 2.37. The Kier molecular flexibility index (Phi) is 4.00. The number of para-hydroxylation sites is 1. The molecule has 0 spiro atoms. The molecular weight excluding hydrogens is 346 g/mol. The number of aliphatic hydroxyl groups excluding tert-OH is 1. The summed E-state index contributed by atoms with van der Waals surface area (Å²) < 4.78 is 6.36. The molecule has 140 valence electrons. The Labute approximate surface area is 154 Å². The average Bonchev–Trinajstić information content (AvgIpc) is 3.17. The van der Waals surface area contributed by atoms with Crippen LogP contribution in [0.5, 0.6) is 0 Å². The highest BCUT2D eigenvalue weighted by Crippen LogP contribution is 2.24. The lowest BCUT2D eigenvalue weighted by Crippen LogP contribution is -2.39. The summed E-state index contributed by atoms with van der Waals surface area (Å²) in [6, 6.07) is 9.79. The van der Waals surface area contributed by atoms with Crippen molar-refractivity contribution in [2.24, 2.45) is 7.05 Å². The van der Waals surface area contributed by atoms with Gasteiger partial charge in [-0.25, -0.2) is 4.79 Å². The van der Waals surface area contributed by atoms with E-state index in [4.69, 9.17) is 5.11 Å². The van der Waals surface area contributed by atoms with Gasteiger partial charge in [0.1, 0.15) is 0 Å². The fourth-order valence-electron chi connectivity index (χ4n) is 3.56. The van der Waals surface area contributed by atoms with Crippen molar-refractivity contribution in [1.29, 1.82) is 0 Å². The van der Waals surface area contributed by atoms with Crippen LogP contribution in [-0.2, 0) is 13.6 Å². The highest BCUT2D eigenvalue weighted by atomic mass is 16.3. The van der Waals surface area contributed by atoms with E-state index in [9.17, 15) is 9.59 Å². The second-order valence-corrected chi connectivity index (χ2v) is 6.64. The highest BCUT2D eigenvalue weighted by Gasteiger charge is 2.22. The molecule has 0 fully saturated rings. The maximum Gasteiger partial charge on any atom is 0.332 e. The first-order valence-electron chi connectivity index (χ1n) is 8.83. The van der Waals surface area contributed by atoms with Crippen molar-refractivity contribution >= 4 is 16.9 Å². The summed E-state index contributed by atoms with van der Waals surface area (Å²) in [7, 11) is 1.61. The summed E-state index contributed by atoms with van der Waals surface area (Å²) >= 11 is 0. The highest BCUT2D eigenvalue weighted by molar-refractivity contribution is 5.77. The van der Waals surface area contributed by atoms with E-state index >= 15 is 0 Å². The lowest BCUT2D eigenvalue weighted by Gasteiger charge is -2.08. The minimum atomic E-state index is -0.428. The number of rotatable bonds is 4. The van der Waals surface area contributed by atoms with Crippen LogP contribution >= 0.6 is 0 Å². The monoisotopic (exact) mass is 367 g/mol. The largest absolute Gasteiger partial charge is 0.396 e. The molecule has 3 heterocycles. The average molecular weight is 367 g/mol. The molecule has 3 aromatic heterocycles. The second-order valence-electron chi connectivity index (χ2n) is 6.64. The smallest absolute Gasteiger partial charge is 0.332 e. The number of imidazole rings is 2.